The number of aryl methyl sites for hydroxylation is 2. The largest absolute Gasteiger partial charge is 0.465 e. The number of ether oxygens (including phenoxy) is 1. The molecule has 0 spiro atoms. The number of carbonyl (C=O) groups is 1. The number of hydrogen-bond donors (Lipinski definition) is 0. The molecule has 0 unspecified atom stereocenters. The van der Waals surface area contributed by atoms with Gasteiger partial charge in [0.15, 0.2) is 0 Å². The van der Waals surface area contributed by atoms with Crippen LogP contribution in [0.3, 0.4) is 0 Å². The van der Waals surface area contributed by atoms with Gasteiger partial charge in [-0.25, -0.2) is 4.79 Å². The Bertz CT molecular complexity index is 403. The molecule has 1 aromatic rings. The van der Waals surface area contributed by atoms with Crippen molar-refractivity contribution in [3.05, 3.63) is 34.4 Å². The van der Waals surface area contributed by atoms with E-state index in [0.717, 1.165) is 11.5 Å². The highest BCUT2D eigenvalue weighted by atomic mass is 16.5. The number of hydrogen-bond acceptors (Lipinski definition) is 2. The van der Waals surface area contributed by atoms with Crippen molar-refractivity contribution in [3.8, 4) is 0 Å². The Labute approximate surface area is 90.3 Å². The summed E-state index contributed by atoms with van der Waals surface area (Å²) < 4.78 is 4.75. The lowest BCUT2D eigenvalue weighted by molar-refractivity contribution is 0.0600. The molecular formula is C13H16O2. The summed E-state index contributed by atoms with van der Waals surface area (Å²) >= 11 is 0. The van der Waals surface area contributed by atoms with Crippen LogP contribution in [0.1, 0.15) is 45.8 Å². The lowest BCUT2D eigenvalue weighted by atomic mass is 9.97. The summed E-state index contributed by atoms with van der Waals surface area (Å²) in [4.78, 5) is 11.5. The maximum Gasteiger partial charge on any atom is 0.338 e. The van der Waals surface area contributed by atoms with Crippen LogP contribution in [-0.2, 0) is 4.74 Å². The van der Waals surface area contributed by atoms with Gasteiger partial charge in [0.05, 0.1) is 12.7 Å². The molecule has 0 bridgehead atoms. The van der Waals surface area contributed by atoms with Crippen LogP contribution in [0.15, 0.2) is 12.1 Å². The van der Waals surface area contributed by atoms with Gasteiger partial charge in [-0.1, -0.05) is 6.07 Å². The quantitative estimate of drug-likeness (QED) is 0.692. The molecule has 0 aliphatic heterocycles. The fourth-order valence-electron chi connectivity index (χ4n) is 2.00. The van der Waals surface area contributed by atoms with E-state index in [1.165, 1.54) is 31.1 Å². The predicted octanol–water partition coefficient (Wildman–Crippen LogP) is 2.97. The predicted molar refractivity (Wildman–Crippen MR) is 59.2 cm³/mol. The van der Waals surface area contributed by atoms with E-state index < -0.39 is 0 Å². The van der Waals surface area contributed by atoms with Crippen molar-refractivity contribution in [1.82, 2.24) is 0 Å². The lowest BCUT2D eigenvalue weighted by Gasteiger charge is -2.10. The normalized spacial score (nSPS) is 15.1. The van der Waals surface area contributed by atoms with Crippen LogP contribution in [-0.4, -0.2) is 13.1 Å². The van der Waals surface area contributed by atoms with E-state index in [-0.39, 0.29) is 5.97 Å². The zero-order chi connectivity index (χ0) is 11.0. The average molecular weight is 204 g/mol. The van der Waals surface area contributed by atoms with Gasteiger partial charge in [-0.2, -0.15) is 0 Å². The number of carbonyl (C=O) groups excluding carboxylic acids is 1. The van der Waals surface area contributed by atoms with Gasteiger partial charge in [-0.3, -0.25) is 0 Å². The van der Waals surface area contributed by atoms with Crippen molar-refractivity contribution in [3.63, 3.8) is 0 Å². The number of esters is 1. The molecular weight excluding hydrogens is 188 g/mol. The van der Waals surface area contributed by atoms with Crippen molar-refractivity contribution in [2.24, 2.45) is 0 Å². The molecule has 0 saturated heterocycles. The zero-order valence-electron chi connectivity index (χ0n) is 9.46. The van der Waals surface area contributed by atoms with E-state index in [4.69, 9.17) is 4.74 Å². The molecule has 2 heteroatoms. The maximum atomic E-state index is 11.5. The molecule has 1 saturated carbocycles. The number of methoxy groups -OCH3 is 1. The van der Waals surface area contributed by atoms with E-state index in [1.54, 1.807) is 0 Å². The summed E-state index contributed by atoms with van der Waals surface area (Å²) in [6.07, 6.45) is 2.58. The molecule has 0 amide bonds. The van der Waals surface area contributed by atoms with E-state index in [1.807, 2.05) is 13.0 Å². The fourth-order valence-corrected chi connectivity index (χ4v) is 2.00. The van der Waals surface area contributed by atoms with Crippen molar-refractivity contribution >= 4 is 5.97 Å². The van der Waals surface area contributed by atoms with Gasteiger partial charge in [0, 0.05) is 0 Å². The first-order valence-electron chi connectivity index (χ1n) is 5.33. The van der Waals surface area contributed by atoms with Crippen molar-refractivity contribution in [1.29, 1.82) is 0 Å². The molecule has 1 aliphatic carbocycles. The Morgan fingerprint density at radius 1 is 1.27 bits per heavy atom. The molecule has 2 rings (SSSR count). The second-order valence-electron chi connectivity index (χ2n) is 4.29. The van der Waals surface area contributed by atoms with Crippen molar-refractivity contribution in [2.75, 3.05) is 7.11 Å². The zero-order valence-corrected chi connectivity index (χ0v) is 9.46. The van der Waals surface area contributed by atoms with Gasteiger partial charge in [0.25, 0.3) is 0 Å². The third-order valence-electron chi connectivity index (χ3n) is 3.04. The fraction of sp³-hybridized carbons (Fsp3) is 0.462. The van der Waals surface area contributed by atoms with Crippen LogP contribution >= 0.6 is 0 Å². The van der Waals surface area contributed by atoms with E-state index in [9.17, 15) is 4.79 Å². The maximum absolute atomic E-state index is 11.5. The number of benzene rings is 1. The summed E-state index contributed by atoms with van der Waals surface area (Å²) in [5, 5.41) is 0. The second-order valence-corrected chi connectivity index (χ2v) is 4.29. The van der Waals surface area contributed by atoms with E-state index >= 15 is 0 Å². The van der Waals surface area contributed by atoms with Gasteiger partial charge < -0.3 is 4.74 Å². The Balaban J connectivity index is 2.42. The monoisotopic (exact) mass is 204 g/mol. The molecule has 0 radical (unpaired) electrons. The molecule has 0 heterocycles. The summed E-state index contributed by atoms with van der Waals surface area (Å²) in [5.74, 6) is 0.494. The number of rotatable bonds is 2. The summed E-state index contributed by atoms with van der Waals surface area (Å²) in [6.45, 7) is 4.04. The van der Waals surface area contributed by atoms with Crippen LogP contribution in [0.5, 0.6) is 0 Å². The van der Waals surface area contributed by atoms with E-state index in [0.29, 0.717) is 5.56 Å². The molecule has 1 aliphatic rings. The Kier molecular flexibility index (Phi) is 2.51. The van der Waals surface area contributed by atoms with Gasteiger partial charge in [0.2, 0.25) is 0 Å². The van der Waals surface area contributed by atoms with Crippen LogP contribution < -0.4 is 0 Å². The highest BCUT2D eigenvalue weighted by Crippen LogP contribution is 2.42. The Morgan fingerprint density at radius 2 is 1.93 bits per heavy atom. The minimum Gasteiger partial charge on any atom is -0.465 e. The van der Waals surface area contributed by atoms with Crippen molar-refractivity contribution in [2.45, 2.75) is 32.6 Å². The molecule has 0 atom stereocenters. The molecule has 0 aromatic heterocycles. The standard InChI is InChI=1S/C13H16O2/c1-8-7-12(13(14)15-3)9(2)6-11(8)10-4-5-10/h6-7,10H,4-5H2,1-3H3. The molecule has 80 valence electrons. The topological polar surface area (TPSA) is 26.3 Å². The van der Waals surface area contributed by atoms with E-state index in [2.05, 4.69) is 13.0 Å². The highest BCUT2D eigenvalue weighted by Gasteiger charge is 2.26. The van der Waals surface area contributed by atoms with Crippen LogP contribution in [0.2, 0.25) is 0 Å². The summed E-state index contributed by atoms with van der Waals surface area (Å²) in [5.41, 5.74) is 4.33. The third kappa shape index (κ3) is 1.89. The van der Waals surface area contributed by atoms with Gasteiger partial charge in [-0.15, -0.1) is 0 Å². The smallest absolute Gasteiger partial charge is 0.338 e. The van der Waals surface area contributed by atoms with Crippen LogP contribution in [0, 0.1) is 13.8 Å². The minimum atomic E-state index is -0.238. The SMILES string of the molecule is COC(=O)c1cc(C)c(C2CC2)cc1C. The molecule has 0 N–H and O–H groups in total. The molecule has 2 nitrogen and oxygen atoms in total. The second kappa shape index (κ2) is 3.69. The Morgan fingerprint density at radius 3 is 2.47 bits per heavy atom. The van der Waals surface area contributed by atoms with Gasteiger partial charge >= 0.3 is 5.97 Å². The lowest BCUT2D eigenvalue weighted by Crippen LogP contribution is -2.05. The first-order valence-corrected chi connectivity index (χ1v) is 5.33. The average Bonchev–Trinajstić information content (AvgIpc) is 3.03. The molecule has 1 aromatic carbocycles. The Hall–Kier alpha value is -1.31. The first-order chi connectivity index (χ1) is 7.13. The highest BCUT2D eigenvalue weighted by molar-refractivity contribution is 5.91. The van der Waals surface area contributed by atoms with Gasteiger partial charge in [0.1, 0.15) is 0 Å². The first kappa shape index (κ1) is 10.2. The minimum absolute atomic E-state index is 0.238. The molecule has 1 fully saturated rings. The molecule has 15 heavy (non-hydrogen) atoms. The van der Waals surface area contributed by atoms with Crippen LogP contribution in [0.4, 0.5) is 0 Å². The third-order valence-corrected chi connectivity index (χ3v) is 3.04. The van der Waals surface area contributed by atoms with Crippen LogP contribution in [0.25, 0.3) is 0 Å². The summed E-state index contributed by atoms with van der Waals surface area (Å²) in [6, 6.07) is 4.09. The van der Waals surface area contributed by atoms with Crippen molar-refractivity contribution < 1.29 is 9.53 Å². The summed E-state index contributed by atoms with van der Waals surface area (Å²) in [7, 11) is 1.42. The van der Waals surface area contributed by atoms with Gasteiger partial charge in [-0.05, 0) is 55.4 Å².